The quantitative estimate of drug-likeness (QED) is 0.811. The van der Waals surface area contributed by atoms with Crippen LogP contribution in [-0.2, 0) is 9.53 Å². The van der Waals surface area contributed by atoms with Gasteiger partial charge in [0.15, 0.2) is 0 Å². The van der Waals surface area contributed by atoms with Gasteiger partial charge in [-0.25, -0.2) is 0 Å². The Morgan fingerprint density at radius 2 is 2.40 bits per heavy atom. The summed E-state index contributed by atoms with van der Waals surface area (Å²) in [6.07, 6.45) is 3.11. The van der Waals surface area contributed by atoms with Crippen molar-refractivity contribution >= 4 is 33.3 Å². The number of nitrogens with one attached hydrogen (secondary N) is 1. The maximum Gasteiger partial charge on any atom is 0.325 e. The fourth-order valence-corrected chi connectivity index (χ4v) is 1.50. The molecule has 6 heteroatoms. The van der Waals surface area contributed by atoms with Gasteiger partial charge in [0.1, 0.15) is 6.54 Å². The number of nitrogen functional groups attached to an aromatic ring is 1. The van der Waals surface area contributed by atoms with E-state index in [0.717, 1.165) is 0 Å². The normalized spacial score (nSPS) is 9.73. The first-order valence-electron chi connectivity index (χ1n) is 4.43. The topological polar surface area (TPSA) is 77.2 Å². The van der Waals surface area contributed by atoms with Crippen molar-refractivity contribution in [3.63, 3.8) is 0 Å². The van der Waals surface area contributed by atoms with Gasteiger partial charge in [-0.15, -0.1) is 0 Å². The van der Waals surface area contributed by atoms with Gasteiger partial charge in [-0.1, -0.05) is 0 Å². The summed E-state index contributed by atoms with van der Waals surface area (Å²) in [6, 6.07) is 0. The highest BCUT2D eigenvalue weighted by molar-refractivity contribution is 9.10. The number of hydrogen-bond donors (Lipinski definition) is 2. The Bertz CT molecular complexity index is 337. The van der Waals surface area contributed by atoms with Crippen molar-refractivity contribution in [2.24, 2.45) is 0 Å². The van der Waals surface area contributed by atoms with Crippen molar-refractivity contribution in [3.8, 4) is 0 Å². The summed E-state index contributed by atoms with van der Waals surface area (Å²) in [4.78, 5) is 15.0. The zero-order chi connectivity index (χ0) is 11.3. The number of halogens is 1. The maximum atomic E-state index is 11.1. The average Bonchev–Trinajstić information content (AvgIpc) is 2.17. The Hall–Kier alpha value is -1.30. The molecule has 0 aliphatic heterocycles. The van der Waals surface area contributed by atoms with Crippen LogP contribution >= 0.6 is 15.9 Å². The van der Waals surface area contributed by atoms with Gasteiger partial charge in [0.2, 0.25) is 0 Å². The fraction of sp³-hybridized carbons (Fsp3) is 0.333. The summed E-state index contributed by atoms with van der Waals surface area (Å²) in [6.45, 7) is 2.21. The van der Waals surface area contributed by atoms with Crippen molar-refractivity contribution in [1.82, 2.24) is 4.98 Å². The van der Waals surface area contributed by atoms with Crippen molar-refractivity contribution < 1.29 is 9.53 Å². The van der Waals surface area contributed by atoms with Crippen LogP contribution in [0.4, 0.5) is 11.4 Å². The molecule has 1 aromatic heterocycles. The van der Waals surface area contributed by atoms with Crippen molar-refractivity contribution in [2.45, 2.75) is 6.92 Å². The second-order valence-electron chi connectivity index (χ2n) is 2.74. The standard InChI is InChI=1S/C9H12BrN3O2/c1-2-15-8(14)5-13-9-6(10)3-12-4-7(9)11/h3-4H,2,5,11H2,1H3,(H,12,13). The van der Waals surface area contributed by atoms with Crippen LogP contribution < -0.4 is 11.1 Å². The molecule has 0 aromatic carbocycles. The predicted octanol–water partition coefficient (Wildman–Crippen LogP) is 1.40. The van der Waals surface area contributed by atoms with Crippen LogP contribution in [0.2, 0.25) is 0 Å². The van der Waals surface area contributed by atoms with Crippen LogP contribution in [0.1, 0.15) is 6.92 Å². The van der Waals surface area contributed by atoms with Gasteiger partial charge in [0.25, 0.3) is 0 Å². The number of pyridine rings is 1. The fourth-order valence-electron chi connectivity index (χ4n) is 1.01. The lowest BCUT2D eigenvalue weighted by Crippen LogP contribution is -2.17. The van der Waals surface area contributed by atoms with E-state index in [2.05, 4.69) is 26.2 Å². The second kappa shape index (κ2) is 5.55. The molecule has 3 N–H and O–H groups in total. The molecule has 1 aromatic rings. The molecule has 0 unspecified atom stereocenters. The van der Waals surface area contributed by atoms with Crippen LogP contribution in [0.5, 0.6) is 0 Å². The molecule has 0 aliphatic rings. The van der Waals surface area contributed by atoms with E-state index in [1.807, 2.05) is 0 Å². The summed E-state index contributed by atoms with van der Waals surface area (Å²) < 4.78 is 5.48. The van der Waals surface area contributed by atoms with E-state index in [4.69, 9.17) is 10.5 Å². The third-order valence-corrected chi connectivity index (χ3v) is 2.25. The number of rotatable bonds is 4. The summed E-state index contributed by atoms with van der Waals surface area (Å²) in [7, 11) is 0. The molecule has 0 fully saturated rings. The van der Waals surface area contributed by atoms with Crippen molar-refractivity contribution in [3.05, 3.63) is 16.9 Å². The van der Waals surface area contributed by atoms with E-state index in [1.54, 1.807) is 13.1 Å². The number of carbonyl (C=O) groups is 1. The van der Waals surface area contributed by atoms with Crippen LogP contribution in [0.25, 0.3) is 0 Å². The van der Waals surface area contributed by atoms with Gasteiger partial charge >= 0.3 is 5.97 Å². The number of esters is 1. The van der Waals surface area contributed by atoms with E-state index in [1.165, 1.54) is 6.20 Å². The number of aromatic nitrogens is 1. The largest absolute Gasteiger partial charge is 0.465 e. The number of nitrogens with zero attached hydrogens (tertiary/aromatic N) is 1. The van der Waals surface area contributed by atoms with Gasteiger partial charge in [-0.05, 0) is 22.9 Å². The highest BCUT2D eigenvalue weighted by atomic mass is 79.9. The molecule has 0 amide bonds. The Kier molecular flexibility index (Phi) is 4.36. The molecular weight excluding hydrogens is 262 g/mol. The smallest absolute Gasteiger partial charge is 0.325 e. The molecule has 0 spiro atoms. The van der Waals surface area contributed by atoms with Gasteiger partial charge in [0.05, 0.1) is 28.7 Å². The molecule has 0 saturated carbocycles. The van der Waals surface area contributed by atoms with E-state index >= 15 is 0 Å². The highest BCUT2D eigenvalue weighted by Gasteiger charge is 2.07. The SMILES string of the molecule is CCOC(=O)CNc1c(N)cncc1Br. The highest BCUT2D eigenvalue weighted by Crippen LogP contribution is 2.26. The number of carbonyl (C=O) groups excluding carboxylic acids is 1. The van der Waals surface area contributed by atoms with E-state index < -0.39 is 0 Å². The van der Waals surface area contributed by atoms with E-state index in [-0.39, 0.29) is 12.5 Å². The van der Waals surface area contributed by atoms with Crippen molar-refractivity contribution in [1.29, 1.82) is 0 Å². The average molecular weight is 274 g/mol. The van der Waals surface area contributed by atoms with Crippen LogP contribution in [0.15, 0.2) is 16.9 Å². The molecule has 0 radical (unpaired) electrons. The Morgan fingerprint density at radius 3 is 3.00 bits per heavy atom. The zero-order valence-electron chi connectivity index (χ0n) is 8.29. The molecule has 0 saturated heterocycles. The summed E-state index contributed by atoms with van der Waals surface area (Å²) in [5, 5.41) is 2.88. The number of nitrogens with two attached hydrogens (primary N) is 1. The predicted molar refractivity (Wildman–Crippen MR) is 61.5 cm³/mol. The first kappa shape index (κ1) is 11.8. The number of anilines is 2. The maximum absolute atomic E-state index is 11.1. The molecule has 0 atom stereocenters. The lowest BCUT2D eigenvalue weighted by Gasteiger charge is -2.09. The Morgan fingerprint density at radius 1 is 1.67 bits per heavy atom. The van der Waals surface area contributed by atoms with Crippen LogP contribution in [0, 0.1) is 0 Å². The summed E-state index contributed by atoms with van der Waals surface area (Å²) in [5.74, 6) is -0.319. The monoisotopic (exact) mass is 273 g/mol. The minimum atomic E-state index is -0.319. The minimum absolute atomic E-state index is 0.0840. The van der Waals surface area contributed by atoms with Gasteiger partial charge in [-0.2, -0.15) is 0 Å². The minimum Gasteiger partial charge on any atom is -0.465 e. The molecule has 1 rings (SSSR count). The molecule has 1 heterocycles. The Labute approximate surface area is 96.1 Å². The van der Waals surface area contributed by atoms with Gasteiger partial charge < -0.3 is 15.8 Å². The second-order valence-corrected chi connectivity index (χ2v) is 3.60. The molecule has 0 aliphatic carbocycles. The van der Waals surface area contributed by atoms with Crippen molar-refractivity contribution in [2.75, 3.05) is 24.2 Å². The molecule has 5 nitrogen and oxygen atoms in total. The molecular formula is C9H12BrN3O2. The van der Waals surface area contributed by atoms with Gasteiger partial charge in [-0.3, -0.25) is 9.78 Å². The molecule has 82 valence electrons. The first-order valence-corrected chi connectivity index (χ1v) is 5.23. The molecule has 15 heavy (non-hydrogen) atoms. The number of hydrogen-bond acceptors (Lipinski definition) is 5. The van der Waals surface area contributed by atoms with E-state index in [0.29, 0.717) is 22.5 Å². The van der Waals surface area contributed by atoms with E-state index in [9.17, 15) is 4.79 Å². The summed E-state index contributed by atoms with van der Waals surface area (Å²) >= 11 is 3.28. The Balaban J connectivity index is 2.61. The van der Waals surface area contributed by atoms with Crippen LogP contribution in [-0.4, -0.2) is 24.1 Å². The molecule has 0 bridgehead atoms. The number of ether oxygens (including phenoxy) is 1. The summed E-state index contributed by atoms with van der Waals surface area (Å²) in [5.41, 5.74) is 6.81. The third kappa shape index (κ3) is 3.39. The zero-order valence-corrected chi connectivity index (χ0v) is 9.87. The first-order chi connectivity index (χ1) is 7.15. The third-order valence-electron chi connectivity index (χ3n) is 1.64. The lowest BCUT2D eigenvalue weighted by molar-refractivity contribution is -0.140. The van der Waals surface area contributed by atoms with Crippen LogP contribution in [0.3, 0.4) is 0 Å². The lowest BCUT2D eigenvalue weighted by atomic mass is 10.3. The van der Waals surface area contributed by atoms with Gasteiger partial charge in [0, 0.05) is 6.20 Å².